The Labute approximate surface area is 188 Å². The molecule has 1 N–H and O–H groups in total. The van der Waals surface area contributed by atoms with Gasteiger partial charge in [0.1, 0.15) is 6.10 Å². The fourth-order valence-corrected chi connectivity index (χ4v) is 3.78. The van der Waals surface area contributed by atoms with E-state index in [1.807, 2.05) is 31.7 Å². The SMILES string of the molecule is CCNC(=NCc1ccc(Cn2ccccc2=O)cc1)N1CCOC(c2cnn(C)c2)C1. The Hall–Kier alpha value is -3.39. The molecule has 1 unspecified atom stereocenters. The molecule has 0 bridgehead atoms. The molecule has 3 aromatic rings. The minimum Gasteiger partial charge on any atom is -0.370 e. The Morgan fingerprint density at radius 1 is 1.22 bits per heavy atom. The van der Waals surface area contributed by atoms with E-state index < -0.39 is 0 Å². The van der Waals surface area contributed by atoms with E-state index in [1.165, 1.54) is 0 Å². The van der Waals surface area contributed by atoms with Crippen LogP contribution >= 0.6 is 0 Å². The van der Waals surface area contributed by atoms with Crippen LogP contribution in [0.3, 0.4) is 0 Å². The first-order valence-corrected chi connectivity index (χ1v) is 11.0. The van der Waals surface area contributed by atoms with E-state index in [4.69, 9.17) is 9.73 Å². The quantitative estimate of drug-likeness (QED) is 0.475. The summed E-state index contributed by atoms with van der Waals surface area (Å²) >= 11 is 0. The minimum absolute atomic E-state index is 0.00607. The Morgan fingerprint density at radius 3 is 2.75 bits per heavy atom. The van der Waals surface area contributed by atoms with Gasteiger partial charge in [-0.05, 0) is 24.1 Å². The maximum Gasteiger partial charge on any atom is 0.250 e. The van der Waals surface area contributed by atoms with Crippen LogP contribution in [-0.4, -0.2) is 51.4 Å². The predicted molar refractivity (Wildman–Crippen MR) is 125 cm³/mol. The minimum atomic E-state index is -0.0121. The number of rotatable bonds is 6. The molecule has 3 heterocycles. The largest absolute Gasteiger partial charge is 0.370 e. The topological polar surface area (TPSA) is 76.7 Å². The molecule has 1 aliphatic rings. The highest BCUT2D eigenvalue weighted by atomic mass is 16.5. The molecule has 0 aliphatic carbocycles. The number of hydrogen-bond acceptors (Lipinski definition) is 4. The van der Waals surface area contributed by atoms with E-state index in [0.29, 0.717) is 19.7 Å². The van der Waals surface area contributed by atoms with Gasteiger partial charge in [-0.3, -0.25) is 9.48 Å². The number of nitrogens with zero attached hydrogens (tertiary/aromatic N) is 5. The van der Waals surface area contributed by atoms with Crippen molar-refractivity contribution in [1.29, 1.82) is 0 Å². The summed E-state index contributed by atoms with van der Waals surface area (Å²) in [7, 11) is 1.92. The highest BCUT2D eigenvalue weighted by molar-refractivity contribution is 5.80. The summed E-state index contributed by atoms with van der Waals surface area (Å²) in [4.78, 5) is 19.0. The summed E-state index contributed by atoms with van der Waals surface area (Å²) < 4.78 is 9.47. The van der Waals surface area contributed by atoms with Crippen molar-refractivity contribution in [2.24, 2.45) is 12.0 Å². The lowest BCUT2D eigenvalue weighted by Crippen LogP contribution is -2.48. The van der Waals surface area contributed by atoms with Crippen molar-refractivity contribution in [3.63, 3.8) is 0 Å². The van der Waals surface area contributed by atoms with Crippen molar-refractivity contribution >= 4 is 5.96 Å². The van der Waals surface area contributed by atoms with Gasteiger partial charge in [0.2, 0.25) is 0 Å². The molecule has 2 aromatic heterocycles. The van der Waals surface area contributed by atoms with Crippen molar-refractivity contribution in [3.8, 4) is 0 Å². The second-order valence-electron chi connectivity index (χ2n) is 7.91. The van der Waals surface area contributed by atoms with E-state index in [1.54, 1.807) is 21.4 Å². The van der Waals surface area contributed by atoms with Gasteiger partial charge in [-0.15, -0.1) is 0 Å². The van der Waals surface area contributed by atoms with Crippen molar-refractivity contribution < 1.29 is 4.74 Å². The summed E-state index contributed by atoms with van der Waals surface area (Å²) in [5.74, 6) is 0.893. The first-order chi connectivity index (χ1) is 15.6. The molecule has 1 saturated heterocycles. The zero-order chi connectivity index (χ0) is 22.3. The molecule has 1 aromatic carbocycles. The Bertz CT molecular complexity index is 1100. The third-order valence-electron chi connectivity index (χ3n) is 5.48. The fraction of sp³-hybridized carbons (Fsp3) is 0.375. The average Bonchev–Trinajstić information content (AvgIpc) is 3.25. The van der Waals surface area contributed by atoms with Crippen LogP contribution in [-0.2, 0) is 24.9 Å². The summed E-state index contributed by atoms with van der Waals surface area (Å²) in [6.45, 7) is 6.22. The third kappa shape index (κ3) is 5.45. The molecule has 32 heavy (non-hydrogen) atoms. The maximum absolute atomic E-state index is 11.9. The van der Waals surface area contributed by atoms with Crippen LogP contribution in [0, 0.1) is 0 Å². The van der Waals surface area contributed by atoms with Crippen molar-refractivity contribution in [2.75, 3.05) is 26.2 Å². The summed E-state index contributed by atoms with van der Waals surface area (Å²) in [5, 5.41) is 7.68. The Balaban J connectivity index is 1.41. The van der Waals surface area contributed by atoms with E-state index in [2.05, 4.69) is 46.5 Å². The van der Waals surface area contributed by atoms with Gasteiger partial charge >= 0.3 is 0 Å². The number of aryl methyl sites for hydroxylation is 1. The number of hydrogen-bond donors (Lipinski definition) is 1. The van der Waals surface area contributed by atoms with E-state index in [9.17, 15) is 4.79 Å². The zero-order valence-electron chi connectivity index (χ0n) is 18.6. The Morgan fingerprint density at radius 2 is 2.03 bits per heavy atom. The zero-order valence-corrected chi connectivity index (χ0v) is 18.6. The molecular weight excluding hydrogens is 404 g/mol. The molecule has 0 amide bonds. The summed E-state index contributed by atoms with van der Waals surface area (Å²) in [5.41, 5.74) is 3.31. The molecule has 1 fully saturated rings. The lowest BCUT2D eigenvalue weighted by atomic mass is 10.1. The average molecular weight is 435 g/mol. The van der Waals surface area contributed by atoms with Crippen LogP contribution in [0.1, 0.15) is 29.7 Å². The maximum atomic E-state index is 11.9. The molecule has 8 nitrogen and oxygen atoms in total. The van der Waals surface area contributed by atoms with Crippen LogP contribution in [0.15, 0.2) is 70.8 Å². The van der Waals surface area contributed by atoms with Crippen molar-refractivity contribution in [1.82, 2.24) is 24.6 Å². The number of aromatic nitrogens is 3. The van der Waals surface area contributed by atoms with Crippen LogP contribution in [0.25, 0.3) is 0 Å². The first kappa shape index (κ1) is 21.8. The predicted octanol–water partition coefficient (Wildman–Crippen LogP) is 2.17. The lowest BCUT2D eigenvalue weighted by Gasteiger charge is -2.34. The van der Waals surface area contributed by atoms with Crippen LogP contribution < -0.4 is 10.9 Å². The van der Waals surface area contributed by atoms with Gasteiger partial charge in [-0.1, -0.05) is 30.3 Å². The molecule has 0 saturated carbocycles. The number of guanidine groups is 1. The summed E-state index contributed by atoms with van der Waals surface area (Å²) in [6.07, 6.45) is 5.67. The number of aliphatic imine (C=N–C) groups is 1. The van der Waals surface area contributed by atoms with Gasteiger partial charge in [0.25, 0.3) is 5.56 Å². The van der Waals surface area contributed by atoms with E-state index in [0.717, 1.165) is 42.3 Å². The molecule has 1 atom stereocenters. The molecular formula is C24H30N6O2. The molecule has 0 spiro atoms. The lowest BCUT2D eigenvalue weighted by molar-refractivity contribution is -0.00805. The van der Waals surface area contributed by atoms with Crippen LogP contribution in [0.4, 0.5) is 0 Å². The molecule has 4 rings (SSSR count). The van der Waals surface area contributed by atoms with Gasteiger partial charge in [-0.2, -0.15) is 5.10 Å². The van der Waals surface area contributed by atoms with Gasteiger partial charge in [0.15, 0.2) is 5.96 Å². The van der Waals surface area contributed by atoms with Gasteiger partial charge in [-0.25, -0.2) is 4.99 Å². The van der Waals surface area contributed by atoms with Crippen molar-refractivity contribution in [3.05, 3.63) is 88.1 Å². The monoisotopic (exact) mass is 434 g/mol. The van der Waals surface area contributed by atoms with Gasteiger partial charge < -0.3 is 19.5 Å². The highest BCUT2D eigenvalue weighted by Gasteiger charge is 2.25. The summed E-state index contributed by atoms with van der Waals surface area (Å²) in [6, 6.07) is 13.5. The number of pyridine rings is 1. The second kappa shape index (κ2) is 10.3. The molecule has 8 heteroatoms. The van der Waals surface area contributed by atoms with Gasteiger partial charge in [0.05, 0.1) is 32.4 Å². The smallest absolute Gasteiger partial charge is 0.250 e. The van der Waals surface area contributed by atoms with Crippen LogP contribution in [0.5, 0.6) is 0 Å². The second-order valence-corrected chi connectivity index (χ2v) is 7.91. The number of nitrogens with one attached hydrogen (secondary N) is 1. The third-order valence-corrected chi connectivity index (χ3v) is 5.48. The number of ether oxygens (including phenoxy) is 1. The molecule has 168 valence electrons. The van der Waals surface area contributed by atoms with Gasteiger partial charge in [0, 0.05) is 44.2 Å². The molecule has 1 aliphatic heterocycles. The van der Waals surface area contributed by atoms with E-state index in [-0.39, 0.29) is 11.7 Å². The number of morpholine rings is 1. The first-order valence-electron chi connectivity index (χ1n) is 11.0. The molecule has 0 radical (unpaired) electrons. The van der Waals surface area contributed by atoms with E-state index >= 15 is 0 Å². The number of benzene rings is 1. The highest BCUT2D eigenvalue weighted by Crippen LogP contribution is 2.21. The Kier molecular flexibility index (Phi) is 7.01. The van der Waals surface area contributed by atoms with Crippen molar-refractivity contribution in [2.45, 2.75) is 26.1 Å². The standard InChI is InChI=1S/C24H30N6O2/c1-3-25-24(30-12-13-32-22(18-30)21-15-27-28(2)17-21)26-14-19-7-9-20(10-8-19)16-29-11-5-4-6-23(29)31/h4-11,15,17,22H,3,12-14,16,18H2,1-2H3,(H,25,26). The normalized spacial score (nSPS) is 16.9. The fourth-order valence-electron chi connectivity index (χ4n) is 3.78. The van der Waals surface area contributed by atoms with Crippen LogP contribution in [0.2, 0.25) is 0 Å².